The van der Waals surface area contributed by atoms with Crippen molar-refractivity contribution in [2.75, 3.05) is 24.6 Å². The maximum absolute atomic E-state index is 14.9. The Labute approximate surface area is 232 Å². The normalized spacial score (nSPS) is 16.5. The average molecular weight is 584 g/mol. The number of halogens is 4. The SMILES string of the molecule is CC(=O)N1CCC(NCc2cc3c(cc2F)CN(c2cnn(COCC[Si](C)(C)C)c(=O)c2C(F)(F)F)C3)CC1. The number of fused-ring (bicyclic) bond motifs is 1. The summed E-state index contributed by atoms with van der Waals surface area (Å²) in [5.41, 5.74) is -1.19. The number of anilines is 1. The van der Waals surface area contributed by atoms with Crippen molar-refractivity contribution in [3.63, 3.8) is 0 Å². The maximum Gasteiger partial charge on any atom is 0.423 e. The number of nitrogens with one attached hydrogen (secondary N) is 1. The van der Waals surface area contributed by atoms with E-state index in [9.17, 15) is 27.2 Å². The van der Waals surface area contributed by atoms with Gasteiger partial charge in [-0.2, -0.15) is 18.3 Å². The van der Waals surface area contributed by atoms with E-state index in [1.54, 1.807) is 17.9 Å². The third kappa shape index (κ3) is 7.29. The second-order valence-electron chi connectivity index (χ2n) is 11.8. The Balaban J connectivity index is 1.46. The highest BCUT2D eigenvalue weighted by Crippen LogP contribution is 2.37. The van der Waals surface area contributed by atoms with Crippen LogP contribution in [0.2, 0.25) is 25.7 Å². The molecule has 1 saturated heterocycles. The summed E-state index contributed by atoms with van der Waals surface area (Å²) >= 11 is 0. The molecule has 0 unspecified atom stereocenters. The Morgan fingerprint density at radius 1 is 1.15 bits per heavy atom. The molecular weight excluding hydrogens is 546 g/mol. The lowest BCUT2D eigenvalue weighted by molar-refractivity contribution is -0.139. The molecule has 1 aromatic carbocycles. The van der Waals surface area contributed by atoms with E-state index in [0.29, 0.717) is 41.1 Å². The van der Waals surface area contributed by atoms with E-state index < -0.39 is 31.2 Å². The number of amides is 1. The molecule has 1 amide bonds. The number of ether oxygens (including phenoxy) is 1. The second kappa shape index (κ2) is 12.0. The lowest BCUT2D eigenvalue weighted by atomic mass is 10.0. The summed E-state index contributed by atoms with van der Waals surface area (Å²) in [6.45, 7) is 9.67. The van der Waals surface area contributed by atoms with Crippen LogP contribution in [0.15, 0.2) is 23.1 Å². The summed E-state index contributed by atoms with van der Waals surface area (Å²) in [7, 11) is -1.40. The fraction of sp³-hybridized carbons (Fsp3) is 0.593. The van der Waals surface area contributed by atoms with Crippen LogP contribution in [-0.4, -0.2) is 54.4 Å². The zero-order valence-electron chi connectivity index (χ0n) is 23.4. The molecule has 13 heteroatoms. The van der Waals surface area contributed by atoms with Crippen molar-refractivity contribution in [3.8, 4) is 0 Å². The molecule has 1 fully saturated rings. The monoisotopic (exact) mass is 583 g/mol. The quantitative estimate of drug-likeness (QED) is 0.269. The number of hydrogen-bond acceptors (Lipinski definition) is 6. The molecule has 0 radical (unpaired) electrons. The van der Waals surface area contributed by atoms with E-state index >= 15 is 0 Å². The number of nitrogens with zero attached hydrogens (tertiary/aromatic N) is 4. The first-order chi connectivity index (χ1) is 18.7. The van der Waals surface area contributed by atoms with Crippen LogP contribution in [0.4, 0.5) is 23.2 Å². The standard InChI is InChI=1S/C27H37F4N5O3Si/c1-18(37)34-7-5-22(6-8-34)32-13-19-11-20-15-35(16-21(20)12-23(19)28)24-14-33-36(17-39-9-10-40(2,3)4)26(38)25(24)27(29,30)31/h11-12,14,22,32H,5-10,13,15-17H2,1-4H3. The van der Waals surface area contributed by atoms with Crippen LogP contribution in [0.3, 0.4) is 0 Å². The average Bonchev–Trinajstić information content (AvgIpc) is 3.27. The molecule has 0 atom stereocenters. The summed E-state index contributed by atoms with van der Waals surface area (Å²) in [5, 5.41) is 7.31. The van der Waals surface area contributed by atoms with E-state index in [2.05, 4.69) is 30.1 Å². The molecular formula is C27H37F4N5O3Si. The summed E-state index contributed by atoms with van der Waals surface area (Å²) in [6, 6.07) is 3.99. The van der Waals surface area contributed by atoms with Gasteiger partial charge in [-0.1, -0.05) is 19.6 Å². The van der Waals surface area contributed by atoms with E-state index in [1.807, 2.05) is 0 Å². The van der Waals surface area contributed by atoms with Gasteiger partial charge in [-0.25, -0.2) is 9.07 Å². The largest absolute Gasteiger partial charge is 0.423 e. The lowest BCUT2D eigenvalue weighted by Crippen LogP contribution is -2.44. The number of hydrogen-bond donors (Lipinski definition) is 1. The first-order valence-electron chi connectivity index (χ1n) is 13.5. The van der Waals surface area contributed by atoms with Gasteiger partial charge < -0.3 is 19.9 Å². The summed E-state index contributed by atoms with van der Waals surface area (Å²) in [5.74, 6) is -0.394. The molecule has 0 spiro atoms. The zero-order chi connectivity index (χ0) is 29.2. The van der Waals surface area contributed by atoms with Crippen LogP contribution in [0.1, 0.15) is 42.0 Å². The van der Waals surface area contributed by atoms with Crippen molar-refractivity contribution in [2.45, 2.75) is 84.0 Å². The smallest absolute Gasteiger partial charge is 0.361 e. The number of piperidine rings is 1. The number of alkyl halides is 3. The highest BCUT2D eigenvalue weighted by atomic mass is 28.3. The Bertz CT molecular complexity index is 1290. The van der Waals surface area contributed by atoms with Crippen molar-refractivity contribution < 1.29 is 27.1 Å². The highest BCUT2D eigenvalue weighted by Gasteiger charge is 2.40. The van der Waals surface area contributed by atoms with Gasteiger partial charge in [-0.15, -0.1) is 0 Å². The number of aromatic nitrogens is 2. The van der Waals surface area contributed by atoms with E-state index in [4.69, 9.17) is 4.74 Å². The molecule has 2 aliphatic heterocycles. The van der Waals surface area contributed by atoms with Gasteiger partial charge in [-0.3, -0.25) is 9.59 Å². The minimum atomic E-state index is -4.90. The predicted octanol–water partition coefficient (Wildman–Crippen LogP) is 4.33. The van der Waals surface area contributed by atoms with Crippen molar-refractivity contribution >= 4 is 19.7 Å². The van der Waals surface area contributed by atoms with E-state index in [0.717, 1.165) is 25.1 Å². The summed E-state index contributed by atoms with van der Waals surface area (Å²) in [4.78, 5) is 27.6. The van der Waals surface area contributed by atoms with Gasteiger partial charge in [0.1, 0.15) is 18.1 Å². The molecule has 0 bridgehead atoms. The van der Waals surface area contributed by atoms with Crippen LogP contribution < -0.4 is 15.8 Å². The molecule has 4 rings (SSSR count). The second-order valence-corrected chi connectivity index (χ2v) is 17.4. The number of benzene rings is 1. The van der Waals surface area contributed by atoms with Crippen LogP contribution in [0.5, 0.6) is 0 Å². The minimum Gasteiger partial charge on any atom is -0.361 e. The van der Waals surface area contributed by atoms with Crippen molar-refractivity contribution in [1.82, 2.24) is 20.0 Å². The topological polar surface area (TPSA) is 79.7 Å². The fourth-order valence-electron chi connectivity index (χ4n) is 5.04. The van der Waals surface area contributed by atoms with Crippen molar-refractivity contribution in [3.05, 3.63) is 56.8 Å². The maximum atomic E-state index is 14.9. The highest BCUT2D eigenvalue weighted by molar-refractivity contribution is 6.76. The number of carbonyl (C=O) groups excluding carboxylic acids is 1. The molecule has 0 aliphatic carbocycles. The first-order valence-corrected chi connectivity index (χ1v) is 17.2. The number of carbonyl (C=O) groups is 1. The summed E-state index contributed by atoms with van der Waals surface area (Å²) in [6.07, 6.45) is -2.32. The Morgan fingerprint density at radius 2 is 1.80 bits per heavy atom. The Hall–Kier alpha value is -2.77. The van der Waals surface area contributed by atoms with Gasteiger partial charge >= 0.3 is 6.18 Å². The first kappa shape index (κ1) is 30.2. The van der Waals surface area contributed by atoms with Crippen molar-refractivity contribution in [1.29, 1.82) is 0 Å². The predicted molar refractivity (Wildman–Crippen MR) is 146 cm³/mol. The lowest BCUT2D eigenvalue weighted by Gasteiger charge is -2.31. The van der Waals surface area contributed by atoms with Gasteiger partial charge in [-0.05, 0) is 42.1 Å². The third-order valence-electron chi connectivity index (χ3n) is 7.47. The van der Waals surface area contributed by atoms with E-state index in [-0.39, 0.29) is 44.0 Å². The van der Waals surface area contributed by atoms with Gasteiger partial charge in [0.05, 0.1) is 11.9 Å². The Morgan fingerprint density at radius 3 is 2.40 bits per heavy atom. The van der Waals surface area contributed by atoms with Gasteiger partial charge in [0.15, 0.2) is 0 Å². The number of rotatable bonds is 9. The van der Waals surface area contributed by atoms with Crippen LogP contribution in [-0.2, 0) is 42.1 Å². The molecule has 2 aromatic rings. The molecule has 1 N–H and O–H groups in total. The molecule has 2 aliphatic rings. The Kier molecular flexibility index (Phi) is 9.05. The van der Waals surface area contributed by atoms with Gasteiger partial charge in [0.2, 0.25) is 5.91 Å². The van der Waals surface area contributed by atoms with Gasteiger partial charge in [0, 0.05) is 65.9 Å². The molecule has 3 heterocycles. The fourth-order valence-corrected chi connectivity index (χ4v) is 5.79. The molecule has 220 valence electrons. The van der Waals surface area contributed by atoms with Crippen molar-refractivity contribution in [2.24, 2.45) is 0 Å². The van der Waals surface area contributed by atoms with E-state index in [1.165, 1.54) is 11.0 Å². The molecule has 0 saturated carbocycles. The van der Waals surface area contributed by atoms with Crippen LogP contribution >= 0.6 is 0 Å². The minimum absolute atomic E-state index is 0.0321. The third-order valence-corrected chi connectivity index (χ3v) is 9.17. The number of likely N-dealkylation sites (tertiary alicyclic amines) is 1. The van der Waals surface area contributed by atoms with Gasteiger partial charge in [0.25, 0.3) is 5.56 Å². The zero-order valence-corrected chi connectivity index (χ0v) is 24.4. The molecule has 8 nitrogen and oxygen atoms in total. The molecule has 40 heavy (non-hydrogen) atoms. The molecule has 1 aromatic heterocycles. The van der Waals surface area contributed by atoms with Crippen LogP contribution in [0, 0.1) is 5.82 Å². The van der Waals surface area contributed by atoms with Crippen LogP contribution in [0.25, 0.3) is 0 Å². The summed E-state index contributed by atoms with van der Waals surface area (Å²) < 4.78 is 63.4.